The summed E-state index contributed by atoms with van der Waals surface area (Å²) in [5, 5.41) is 9.07. The van der Waals surface area contributed by atoms with Gasteiger partial charge in [0.15, 0.2) is 5.69 Å². The Kier molecular flexibility index (Phi) is 4.66. The summed E-state index contributed by atoms with van der Waals surface area (Å²) in [7, 11) is 0. The second-order valence-corrected chi connectivity index (χ2v) is 3.66. The molecule has 0 spiro atoms. The Hall–Kier alpha value is -1.63. The van der Waals surface area contributed by atoms with E-state index in [1.807, 2.05) is 0 Å². The zero-order chi connectivity index (χ0) is 12.4. The summed E-state index contributed by atoms with van der Waals surface area (Å²) in [5.74, 6) is -1.45. The molecule has 0 radical (unpaired) electrons. The molecule has 5 heteroatoms. The molecular formula is C13H11FLiNO2. The van der Waals surface area contributed by atoms with Gasteiger partial charge in [-0.25, -0.2) is 14.2 Å². The van der Waals surface area contributed by atoms with E-state index in [2.05, 4.69) is 4.98 Å². The maximum atomic E-state index is 12.8. The molecule has 3 nitrogen and oxygen atoms in total. The van der Waals surface area contributed by atoms with Gasteiger partial charge in [0.1, 0.15) is 5.82 Å². The van der Waals surface area contributed by atoms with E-state index in [9.17, 15) is 9.18 Å². The average molecular weight is 239 g/mol. The van der Waals surface area contributed by atoms with Gasteiger partial charge >= 0.3 is 24.8 Å². The van der Waals surface area contributed by atoms with Gasteiger partial charge in [-0.2, -0.15) is 0 Å². The Labute approximate surface area is 116 Å². The van der Waals surface area contributed by atoms with Crippen LogP contribution in [0.15, 0.2) is 36.4 Å². The second kappa shape index (κ2) is 5.81. The third kappa shape index (κ3) is 2.98. The third-order valence-corrected chi connectivity index (χ3v) is 2.39. The molecule has 1 aromatic heterocycles. The van der Waals surface area contributed by atoms with Gasteiger partial charge in [0.05, 0.1) is 0 Å². The maximum absolute atomic E-state index is 12.8. The van der Waals surface area contributed by atoms with E-state index >= 15 is 0 Å². The van der Waals surface area contributed by atoms with E-state index in [0.29, 0.717) is 16.8 Å². The summed E-state index contributed by atoms with van der Waals surface area (Å²) in [6, 6.07) is 9.06. The molecule has 88 valence electrons. The van der Waals surface area contributed by atoms with Crippen LogP contribution in [0, 0.1) is 12.7 Å². The second-order valence-electron chi connectivity index (χ2n) is 3.66. The molecule has 0 amide bonds. The number of halogens is 1. The van der Waals surface area contributed by atoms with Crippen molar-refractivity contribution in [3.63, 3.8) is 0 Å². The zero-order valence-corrected chi connectivity index (χ0v) is 9.14. The van der Waals surface area contributed by atoms with Crippen LogP contribution in [0.1, 0.15) is 16.2 Å². The quantitative estimate of drug-likeness (QED) is 0.817. The predicted molar refractivity (Wildman–Crippen MR) is 68.5 cm³/mol. The number of nitrogens with zero attached hydrogens (tertiary/aromatic N) is 1. The monoisotopic (exact) mass is 239 g/mol. The number of aryl methyl sites for hydroxylation is 1. The molecule has 0 aliphatic rings. The van der Waals surface area contributed by atoms with Crippen molar-refractivity contribution < 1.29 is 14.3 Å². The topological polar surface area (TPSA) is 50.2 Å². The molecular weight excluding hydrogens is 228 g/mol. The summed E-state index contributed by atoms with van der Waals surface area (Å²) in [5.41, 5.74) is 1.74. The number of hydrogen-bond acceptors (Lipinski definition) is 2. The minimum absolute atomic E-state index is 0. The normalized spacial score (nSPS) is 9.67. The van der Waals surface area contributed by atoms with Crippen molar-refractivity contribution in [2.45, 2.75) is 6.92 Å². The van der Waals surface area contributed by atoms with Crippen molar-refractivity contribution in [1.29, 1.82) is 0 Å². The van der Waals surface area contributed by atoms with E-state index < -0.39 is 5.97 Å². The molecule has 18 heavy (non-hydrogen) atoms. The molecule has 0 aliphatic heterocycles. The Bertz CT molecular complexity index is 570. The average Bonchev–Trinajstić information content (AvgIpc) is 2.30. The van der Waals surface area contributed by atoms with Crippen molar-refractivity contribution in [2.24, 2.45) is 0 Å². The number of rotatable bonds is 2. The number of carboxylic acid groups (broad SMARTS) is 1. The van der Waals surface area contributed by atoms with Crippen LogP contribution in [0.4, 0.5) is 4.39 Å². The van der Waals surface area contributed by atoms with E-state index in [1.54, 1.807) is 19.1 Å². The van der Waals surface area contributed by atoms with Gasteiger partial charge in [-0.15, -0.1) is 0 Å². The SMILES string of the molecule is Cc1ccc(-c2ccc(F)cc2)c(C(=O)O)n1.[LiH]. The first-order valence-corrected chi connectivity index (χ1v) is 5.05. The van der Waals surface area contributed by atoms with Crippen LogP contribution in [-0.4, -0.2) is 34.9 Å². The van der Waals surface area contributed by atoms with Gasteiger partial charge in [-0.3, -0.25) is 0 Å². The fraction of sp³-hybridized carbons (Fsp3) is 0.0769. The van der Waals surface area contributed by atoms with Crippen LogP contribution in [0.25, 0.3) is 11.1 Å². The van der Waals surface area contributed by atoms with Crippen molar-refractivity contribution in [1.82, 2.24) is 4.98 Å². The van der Waals surface area contributed by atoms with E-state index in [1.165, 1.54) is 24.3 Å². The molecule has 1 heterocycles. The van der Waals surface area contributed by atoms with E-state index in [0.717, 1.165) is 0 Å². The predicted octanol–water partition coefficient (Wildman–Crippen LogP) is 2.25. The van der Waals surface area contributed by atoms with Crippen molar-refractivity contribution in [2.75, 3.05) is 0 Å². The van der Waals surface area contributed by atoms with Crippen molar-refractivity contribution in [3.05, 3.63) is 53.6 Å². The molecule has 2 rings (SSSR count). The number of benzene rings is 1. The Morgan fingerprint density at radius 2 is 1.78 bits per heavy atom. The molecule has 0 saturated heterocycles. The summed E-state index contributed by atoms with van der Waals surface area (Å²) < 4.78 is 12.8. The van der Waals surface area contributed by atoms with Crippen LogP contribution >= 0.6 is 0 Å². The van der Waals surface area contributed by atoms with Crippen LogP contribution in [-0.2, 0) is 0 Å². The molecule has 1 aromatic carbocycles. The Morgan fingerprint density at radius 3 is 2.33 bits per heavy atom. The van der Waals surface area contributed by atoms with Crippen LogP contribution < -0.4 is 0 Å². The number of pyridine rings is 1. The van der Waals surface area contributed by atoms with Gasteiger partial charge in [0.2, 0.25) is 0 Å². The molecule has 0 fully saturated rings. The molecule has 0 bridgehead atoms. The van der Waals surface area contributed by atoms with Crippen LogP contribution in [0.2, 0.25) is 0 Å². The fourth-order valence-electron chi connectivity index (χ4n) is 1.58. The van der Waals surface area contributed by atoms with Gasteiger partial charge < -0.3 is 5.11 Å². The standard InChI is InChI=1S/C13H10FNO2.Li.H/c1-8-2-7-11(12(15-8)13(16)17)9-3-5-10(14)6-4-9;;/h2-7H,1H3,(H,16,17);;. The van der Waals surface area contributed by atoms with E-state index in [4.69, 9.17) is 5.11 Å². The molecule has 0 saturated carbocycles. The first-order valence-electron chi connectivity index (χ1n) is 5.05. The van der Waals surface area contributed by atoms with Gasteiger partial charge in [-0.05, 0) is 30.7 Å². The minimum atomic E-state index is -1.09. The molecule has 0 unspecified atom stereocenters. The Morgan fingerprint density at radius 1 is 1.17 bits per heavy atom. The first-order chi connectivity index (χ1) is 8.08. The molecule has 0 atom stereocenters. The van der Waals surface area contributed by atoms with Gasteiger partial charge in [0, 0.05) is 11.3 Å². The summed E-state index contributed by atoms with van der Waals surface area (Å²) >= 11 is 0. The first kappa shape index (κ1) is 14.4. The molecule has 0 aliphatic carbocycles. The number of aromatic nitrogens is 1. The van der Waals surface area contributed by atoms with Crippen LogP contribution in [0.5, 0.6) is 0 Å². The Balaban J connectivity index is 0.00000162. The fourth-order valence-corrected chi connectivity index (χ4v) is 1.58. The molecule has 1 N–H and O–H groups in total. The van der Waals surface area contributed by atoms with Crippen LogP contribution in [0.3, 0.4) is 0 Å². The number of hydrogen-bond donors (Lipinski definition) is 1. The molecule has 2 aromatic rings. The number of carboxylic acids is 1. The van der Waals surface area contributed by atoms with Gasteiger partial charge in [0.25, 0.3) is 0 Å². The zero-order valence-electron chi connectivity index (χ0n) is 9.14. The van der Waals surface area contributed by atoms with E-state index in [-0.39, 0.29) is 30.4 Å². The summed E-state index contributed by atoms with van der Waals surface area (Å²) in [4.78, 5) is 15.1. The number of aromatic carboxylic acids is 1. The summed E-state index contributed by atoms with van der Waals surface area (Å²) in [6.07, 6.45) is 0. The van der Waals surface area contributed by atoms with Gasteiger partial charge in [-0.1, -0.05) is 18.2 Å². The van der Waals surface area contributed by atoms with Crippen molar-refractivity contribution in [3.8, 4) is 11.1 Å². The third-order valence-electron chi connectivity index (χ3n) is 2.39. The number of carbonyl (C=O) groups is 1. The van der Waals surface area contributed by atoms with Crippen molar-refractivity contribution >= 4 is 24.8 Å². The summed E-state index contributed by atoms with van der Waals surface area (Å²) in [6.45, 7) is 1.72.